The maximum Gasteiger partial charge on any atom is 0.262 e. The highest BCUT2D eigenvalue weighted by Gasteiger charge is 2.21. The average molecular weight is 347 g/mol. The van der Waals surface area contributed by atoms with Crippen LogP contribution in [0, 0.1) is 6.92 Å². The fraction of sp³-hybridized carbons (Fsp3) is 0.150. The van der Waals surface area contributed by atoms with Crippen molar-refractivity contribution in [2.24, 2.45) is 0 Å². The number of carbonyl (C=O) groups excluding carboxylic acids is 1. The number of aromatic amines is 1. The zero-order valence-corrected chi connectivity index (χ0v) is 14.2. The van der Waals surface area contributed by atoms with Gasteiger partial charge in [-0.2, -0.15) is 0 Å². The van der Waals surface area contributed by atoms with Crippen molar-refractivity contribution < 1.29 is 9.21 Å². The summed E-state index contributed by atoms with van der Waals surface area (Å²) in [4.78, 5) is 31.1. The third-order valence-corrected chi connectivity index (χ3v) is 4.46. The minimum Gasteiger partial charge on any atom is -0.442 e. The first-order valence-electron chi connectivity index (χ1n) is 8.37. The van der Waals surface area contributed by atoms with Gasteiger partial charge < -0.3 is 14.7 Å². The largest absolute Gasteiger partial charge is 0.442 e. The molecule has 0 aliphatic heterocycles. The Bertz CT molecular complexity index is 1170. The van der Waals surface area contributed by atoms with Gasteiger partial charge in [-0.3, -0.25) is 9.59 Å². The molecule has 0 unspecified atom stereocenters. The SMILES string of the molecule is Cc1oc2nc[nH]c(=O)c2c1C(=O)NCCc1cccc2ccccc12. The van der Waals surface area contributed by atoms with Gasteiger partial charge in [0.2, 0.25) is 5.71 Å². The van der Waals surface area contributed by atoms with E-state index in [4.69, 9.17) is 4.42 Å². The normalized spacial score (nSPS) is 11.1. The Morgan fingerprint density at radius 3 is 2.88 bits per heavy atom. The van der Waals surface area contributed by atoms with E-state index in [0.717, 1.165) is 5.56 Å². The highest BCUT2D eigenvalue weighted by molar-refractivity contribution is 6.06. The second-order valence-corrected chi connectivity index (χ2v) is 6.09. The molecule has 2 heterocycles. The molecule has 6 nitrogen and oxygen atoms in total. The van der Waals surface area contributed by atoms with Crippen molar-refractivity contribution in [3.63, 3.8) is 0 Å². The number of hydrogen-bond acceptors (Lipinski definition) is 4. The van der Waals surface area contributed by atoms with Crippen LogP contribution in [0.1, 0.15) is 21.7 Å². The predicted molar refractivity (Wildman–Crippen MR) is 99.4 cm³/mol. The lowest BCUT2D eigenvalue weighted by molar-refractivity contribution is 0.0954. The molecule has 2 N–H and O–H groups in total. The van der Waals surface area contributed by atoms with Gasteiger partial charge in [-0.15, -0.1) is 0 Å². The molecule has 4 aromatic rings. The zero-order chi connectivity index (χ0) is 18.1. The number of furan rings is 1. The Kier molecular flexibility index (Phi) is 4.01. The van der Waals surface area contributed by atoms with Gasteiger partial charge in [0, 0.05) is 6.54 Å². The van der Waals surface area contributed by atoms with Crippen molar-refractivity contribution in [1.82, 2.24) is 15.3 Å². The summed E-state index contributed by atoms with van der Waals surface area (Å²) in [6.45, 7) is 2.11. The highest BCUT2D eigenvalue weighted by atomic mass is 16.3. The van der Waals surface area contributed by atoms with Gasteiger partial charge in [-0.05, 0) is 29.7 Å². The lowest BCUT2D eigenvalue weighted by Crippen LogP contribution is -2.27. The number of carbonyl (C=O) groups is 1. The molecule has 26 heavy (non-hydrogen) atoms. The van der Waals surface area contributed by atoms with Crippen LogP contribution < -0.4 is 10.9 Å². The molecule has 0 fully saturated rings. The van der Waals surface area contributed by atoms with Crippen molar-refractivity contribution >= 4 is 27.8 Å². The van der Waals surface area contributed by atoms with Crippen LogP contribution in [0.3, 0.4) is 0 Å². The molecule has 0 spiro atoms. The fourth-order valence-electron chi connectivity index (χ4n) is 3.24. The Labute approximate surface area is 148 Å². The third kappa shape index (κ3) is 2.75. The summed E-state index contributed by atoms with van der Waals surface area (Å²) in [5, 5.41) is 5.41. The molecule has 0 atom stereocenters. The Hall–Kier alpha value is -3.41. The molecule has 0 saturated carbocycles. The predicted octanol–water partition coefficient (Wildman–Crippen LogP) is 2.95. The first-order valence-corrected chi connectivity index (χ1v) is 8.37. The molecule has 2 aromatic carbocycles. The minimum atomic E-state index is -0.383. The number of aryl methyl sites for hydroxylation is 1. The Morgan fingerprint density at radius 2 is 2.00 bits per heavy atom. The molecule has 0 bridgehead atoms. The lowest BCUT2D eigenvalue weighted by atomic mass is 10.0. The quantitative estimate of drug-likeness (QED) is 0.594. The Morgan fingerprint density at radius 1 is 1.19 bits per heavy atom. The minimum absolute atomic E-state index is 0.172. The van der Waals surface area contributed by atoms with Crippen molar-refractivity contribution in [3.8, 4) is 0 Å². The van der Waals surface area contributed by atoms with Gasteiger partial charge in [-0.1, -0.05) is 42.5 Å². The van der Waals surface area contributed by atoms with Crippen molar-refractivity contribution in [1.29, 1.82) is 0 Å². The first kappa shape index (κ1) is 16.1. The molecule has 0 saturated heterocycles. The summed E-state index contributed by atoms with van der Waals surface area (Å²) in [6.07, 6.45) is 1.95. The van der Waals surface area contributed by atoms with E-state index in [1.807, 2.05) is 18.2 Å². The summed E-state index contributed by atoms with van der Waals surface area (Å²) in [7, 11) is 0. The molecule has 1 amide bonds. The number of rotatable bonds is 4. The number of amides is 1. The van der Waals surface area contributed by atoms with E-state index in [0.29, 0.717) is 18.7 Å². The molecular formula is C20H17N3O3. The molecule has 130 valence electrons. The number of nitrogens with zero attached hydrogens (tertiary/aromatic N) is 1. The van der Waals surface area contributed by atoms with Crippen LogP contribution in [0.2, 0.25) is 0 Å². The number of nitrogens with one attached hydrogen (secondary N) is 2. The second-order valence-electron chi connectivity index (χ2n) is 6.09. The van der Waals surface area contributed by atoms with Crippen LogP contribution >= 0.6 is 0 Å². The maximum absolute atomic E-state index is 12.6. The molecule has 6 heteroatoms. The number of H-pyrrole nitrogens is 1. The van der Waals surface area contributed by atoms with Gasteiger partial charge in [0.25, 0.3) is 11.5 Å². The second kappa shape index (κ2) is 6.48. The van der Waals surface area contributed by atoms with E-state index in [-0.39, 0.29) is 28.1 Å². The Balaban J connectivity index is 1.55. The van der Waals surface area contributed by atoms with Gasteiger partial charge in [0.1, 0.15) is 11.1 Å². The van der Waals surface area contributed by atoms with E-state index in [1.165, 1.54) is 17.1 Å². The first-order chi connectivity index (χ1) is 12.6. The van der Waals surface area contributed by atoms with Crippen molar-refractivity contribution in [3.05, 3.63) is 76.0 Å². The van der Waals surface area contributed by atoms with E-state index in [2.05, 4.69) is 39.6 Å². The van der Waals surface area contributed by atoms with E-state index in [1.54, 1.807) is 6.92 Å². The van der Waals surface area contributed by atoms with Crippen LogP contribution in [0.4, 0.5) is 0 Å². The fourth-order valence-corrected chi connectivity index (χ4v) is 3.24. The van der Waals surface area contributed by atoms with Gasteiger partial charge >= 0.3 is 0 Å². The summed E-state index contributed by atoms with van der Waals surface area (Å²) in [5.74, 6) is 0.0480. The highest BCUT2D eigenvalue weighted by Crippen LogP contribution is 2.21. The smallest absolute Gasteiger partial charge is 0.262 e. The van der Waals surface area contributed by atoms with Crippen LogP contribution in [-0.2, 0) is 6.42 Å². The molecular weight excluding hydrogens is 330 g/mol. The summed E-state index contributed by atoms with van der Waals surface area (Å²) in [6, 6.07) is 14.3. The van der Waals surface area contributed by atoms with Gasteiger partial charge in [0.15, 0.2) is 0 Å². The van der Waals surface area contributed by atoms with Crippen LogP contribution in [0.15, 0.2) is 58.0 Å². The third-order valence-electron chi connectivity index (χ3n) is 4.46. The number of aromatic nitrogens is 2. The van der Waals surface area contributed by atoms with Crippen LogP contribution in [-0.4, -0.2) is 22.4 Å². The number of fused-ring (bicyclic) bond motifs is 2. The van der Waals surface area contributed by atoms with Gasteiger partial charge in [0.05, 0.1) is 11.9 Å². The van der Waals surface area contributed by atoms with Crippen molar-refractivity contribution in [2.45, 2.75) is 13.3 Å². The van der Waals surface area contributed by atoms with E-state index >= 15 is 0 Å². The molecule has 0 aliphatic carbocycles. The lowest BCUT2D eigenvalue weighted by Gasteiger charge is -2.08. The zero-order valence-electron chi connectivity index (χ0n) is 14.2. The van der Waals surface area contributed by atoms with Crippen LogP contribution in [0.5, 0.6) is 0 Å². The number of benzene rings is 2. The maximum atomic E-state index is 12.6. The molecule has 2 aromatic heterocycles. The van der Waals surface area contributed by atoms with E-state index < -0.39 is 0 Å². The summed E-state index contributed by atoms with van der Waals surface area (Å²) >= 11 is 0. The summed E-state index contributed by atoms with van der Waals surface area (Å²) in [5.41, 5.74) is 1.19. The molecule has 0 aliphatic rings. The van der Waals surface area contributed by atoms with Gasteiger partial charge in [-0.25, -0.2) is 4.98 Å². The topological polar surface area (TPSA) is 88.0 Å². The number of hydrogen-bond donors (Lipinski definition) is 2. The van der Waals surface area contributed by atoms with Crippen LogP contribution in [0.25, 0.3) is 21.9 Å². The standard InChI is InChI=1S/C20H17N3O3/c1-12-16(17-19(25)22-11-23-20(17)26-12)18(24)21-10-9-14-7-4-6-13-5-2-3-8-15(13)14/h2-8,11H,9-10H2,1H3,(H,21,24)(H,22,23,25). The molecule has 4 rings (SSSR count). The molecule has 0 radical (unpaired) electrons. The average Bonchev–Trinajstić information content (AvgIpc) is 2.99. The monoisotopic (exact) mass is 347 g/mol. The summed E-state index contributed by atoms with van der Waals surface area (Å²) < 4.78 is 5.43. The van der Waals surface area contributed by atoms with Crippen molar-refractivity contribution in [2.75, 3.05) is 6.54 Å². The van der Waals surface area contributed by atoms with E-state index in [9.17, 15) is 9.59 Å².